The van der Waals surface area contributed by atoms with Crippen molar-refractivity contribution in [3.63, 3.8) is 0 Å². The van der Waals surface area contributed by atoms with E-state index in [1.54, 1.807) is 19.1 Å². The molecule has 2 nitrogen and oxygen atoms in total. The lowest BCUT2D eigenvalue weighted by atomic mass is 10.0. The SMILES string of the molecule is Cc1cc(-c2cc(CO)c3ccccc3n2)ccc1F. The predicted octanol–water partition coefficient (Wildman–Crippen LogP) is 3.84. The van der Waals surface area contributed by atoms with Crippen LogP contribution in [0.3, 0.4) is 0 Å². The van der Waals surface area contributed by atoms with Crippen LogP contribution in [-0.2, 0) is 6.61 Å². The van der Waals surface area contributed by atoms with E-state index in [1.165, 1.54) is 6.07 Å². The molecule has 0 radical (unpaired) electrons. The van der Waals surface area contributed by atoms with Crippen molar-refractivity contribution >= 4 is 10.9 Å². The highest BCUT2D eigenvalue weighted by Crippen LogP contribution is 2.26. The van der Waals surface area contributed by atoms with Gasteiger partial charge in [-0.05, 0) is 48.4 Å². The van der Waals surface area contributed by atoms with Crippen LogP contribution in [0, 0.1) is 12.7 Å². The van der Waals surface area contributed by atoms with Gasteiger partial charge < -0.3 is 5.11 Å². The Labute approximate surface area is 116 Å². The lowest BCUT2D eigenvalue weighted by Gasteiger charge is -2.09. The van der Waals surface area contributed by atoms with E-state index in [0.29, 0.717) is 5.56 Å². The summed E-state index contributed by atoms with van der Waals surface area (Å²) in [6, 6.07) is 14.5. The molecule has 1 heterocycles. The molecule has 0 amide bonds. The van der Waals surface area contributed by atoms with E-state index in [2.05, 4.69) is 4.98 Å². The number of aromatic nitrogens is 1. The Balaban J connectivity index is 2.23. The van der Waals surface area contributed by atoms with Crippen LogP contribution in [0.1, 0.15) is 11.1 Å². The highest BCUT2D eigenvalue weighted by atomic mass is 19.1. The fraction of sp³-hybridized carbons (Fsp3) is 0.118. The molecule has 1 N–H and O–H groups in total. The molecule has 20 heavy (non-hydrogen) atoms. The molecule has 1 aromatic heterocycles. The molecule has 0 aliphatic heterocycles. The van der Waals surface area contributed by atoms with Gasteiger partial charge in [0.2, 0.25) is 0 Å². The van der Waals surface area contributed by atoms with Crippen molar-refractivity contribution < 1.29 is 9.50 Å². The van der Waals surface area contributed by atoms with Gasteiger partial charge in [0.1, 0.15) is 5.82 Å². The van der Waals surface area contributed by atoms with Gasteiger partial charge in [0.25, 0.3) is 0 Å². The molecule has 3 aromatic rings. The molecule has 0 saturated heterocycles. The summed E-state index contributed by atoms with van der Waals surface area (Å²) in [5, 5.41) is 10.5. The van der Waals surface area contributed by atoms with Crippen molar-refractivity contribution in [1.29, 1.82) is 0 Å². The van der Waals surface area contributed by atoms with Crippen molar-refractivity contribution in [3.8, 4) is 11.3 Å². The normalized spacial score (nSPS) is 10.9. The Morgan fingerprint density at radius 2 is 1.90 bits per heavy atom. The third-order valence-electron chi connectivity index (χ3n) is 3.43. The summed E-state index contributed by atoms with van der Waals surface area (Å²) < 4.78 is 13.4. The number of hydrogen-bond acceptors (Lipinski definition) is 2. The number of aliphatic hydroxyl groups excluding tert-OH is 1. The maximum atomic E-state index is 13.4. The van der Waals surface area contributed by atoms with Gasteiger partial charge in [-0.1, -0.05) is 18.2 Å². The maximum absolute atomic E-state index is 13.4. The zero-order valence-electron chi connectivity index (χ0n) is 11.1. The Bertz CT molecular complexity index is 783. The fourth-order valence-electron chi connectivity index (χ4n) is 2.33. The zero-order valence-corrected chi connectivity index (χ0v) is 11.1. The van der Waals surface area contributed by atoms with Crippen molar-refractivity contribution in [2.45, 2.75) is 13.5 Å². The molecule has 0 aliphatic carbocycles. The molecule has 3 rings (SSSR count). The van der Waals surface area contributed by atoms with Crippen LogP contribution in [0.2, 0.25) is 0 Å². The summed E-state index contributed by atoms with van der Waals surface area (Å²) in [6.07, 6.45) is 0. The van der Waals surface area contributed by atoms with Gasteiger partial charge in [-0.25, -0.2) is 9.37 Å². The van der Waals surface area contributed by atoms with E-state index in [0.717, 1.165) is 27.7 Å². The molecule has 100 valence electrons. The van der Waals surface area contributed by atoms with Gasteiger partial charge in [0, 0.05) is 10.9 Å². The summed E-state index contributed by atoms with van der Waals surface area (Å²) in [4.78, 5) is 4.59. The van der Waals surface area contributed by atoms with Crippen molar-refractivity contribution in [1.82, 2.24) is 4.98 Å². The van der Waals surface area contributed by atoms with Gasteiger partial charge in [-0.3, -0.25) is 0 Å². The van der Waals surface area contributed by atoms with Crippen molar-refractivity contribution in [3.05, 3.63) is 65.5 Å². The average Bonchev–Trinajstić information content (AvgIpc) is 2.49. The van der Waals surface area contributed by atoms with E-state index in [4.69, 9.17) is 0 Å². The van der Waals surface area contributed by atoms with Crippen LogP contribution in [0.4, 0.5) is 4.39 Å². The second-order valence-electron chi connectivity index (χ2n) is 4.81. The summed E-state index contributed by atoms with van der Waals surface area (Å²) in [5.41, 5.74) is 3.84. The van der Waals surface area contributed by atoms with Crippen LogP contribution >= 0.6 is 0 Å². The van der Waals surface area contributed by atoms with Gasteiger partial charge in [-0.15, -0.1) is 0 Å². The highest BCUT2D eigenvalue weighted by molar-refractivity contribution is 5.85. The number of pyridine rings is 1. The topological polar surface area (TPSA) is 33.1 Å². The summed E-state index contributed by atoms with van der Waals surface area (Å²) in [7, 11) is 0. The first-order chi connectivity index (χ1) is 9.69. The monoisotopic (exact) mass is 267 g/mol. The number of rotatable bonds is 2. The van der Waals surface area contributed by atoms with Crippen LogP contribution in [-0.4, -0.2) is 10.1 Å². The van der Waals surface area contributed by atoms with Crippen LogP contribution in [0.15, 0.2) is 48.5 Å². The maximum Gasteiger partial charge on any atom is 0.126 e. The standard InChI is InChI=1S/C17H14FNO/c1-11-8-12(6-7-15(11)18)17-9-13(10-20)14-4-2-3-5-16(14)19-17/h2-9,20H,10H2,1H3. The lowest BCUT2D eigenvalue weighted by molar-refractivity contribution is 0.283. The quantitative estimate of drug-likeness (QED) is 0.765. The van der Waals surface area contributed by atoms with Gasteiger partial charge >= 0.3 is 0 Å². The second-order valence-corrected chi connectivity index (χ2v) is 4.81. The molecule has 0 bridgehead atoms. The summed E-state index contributed by atoms with van der Waals surface area (Å²) in [6.45, 7) is 1.68. The van der Waals surface area contributed by atoms with Crippen LogP contribution in [0.5, 0.6) is 0 Å². The highest BCUT2D eigenvalue weighted by Gasteiger charge is 2.08. The largest absolute Gasteiger partial charge is 0.392 e. The first kappa shape index (κ1) is 12.8. The Morgan fingerprint density at radius 3 is 2.65 bits per heavy atom. The van der Waals surface area contributed by atoms with Crippen LogP contribution in [0.25, 0.3) is 22.2 Å². The summed E-state index contributed by atoms with van der Waals surface area (Å²) in [5.74, 6) is -0.225. The fourth-order valence-corrected chi connectivity index (χ4v) is 2.33. The third kappa shape index (κ3) is 2.17. The zero-order chi connectivity index (χ0) is 14.1. The van der Waals surface area contributed by atoms with Crippen molar-refractivity contribution in [2.24, 2.45) is 0 Å². The minimum atomic E-state index is -0.225. The molecule has 0 aliphatic rings. The Hall–Kier alpha value is -2.26. The van der Waals surface area contributed by atoms with E-state index < -0.39 is 0 Å². The minimum Gasteiger partial charge on any atom is -0.392 e. The number of fused-ring (bicyclic) bond motifs is 1. The van der Waals surface area contributed by atoms with Crippen LogP contribution < -0.4 is 0 Å². The molecular formula is C17H14FNO. The number of hydrogen-bond donors (Lipinski definition) is 1. The van der Waals surface area contributed by atoms with Crippen molar-refractivity contribution in [2.75, 3.05) is 0 Å². The number of benzene rings is 2. The number of aliphatic hydroxyl groups is 1. The number of aryl methyl sites for hydroxylation is 1. The van der Waals surface area contributed by atoms with E-state index >= 15 is 0 Å². The summed E-state index contributed by atoms with van der Waals surface area (Å²) >= 11 is 0. The molecule has 3 heteroatoms. The molecule has 0 fully saturated rings. The van der Waals surface area contributed by atoms with E-state index in [-0.39, 0.29) is 12.4 Å². The molecule has 0 saturated carbocycles. The van der Waals surface area contributed by atoms with E-state index in [9.17, 15) is 9.50 Å². The average molecular weight is 267 g/mol. The molecular weight excluding hydrogens is 253 g/mol. The van der Waals surface area contributed by atoms with Gasteiger partial charge in [-0.2, -0.15) is 0 Å². The number of para-hydroxylation sites is 1. The second kappa shape index (κ2) is 5.02. The molecule has 0 unspecified atom stereocenters. The Morgan fingerprint density at radius 1 is 1.10 bits per heavy atom. The molecule has 0 atom stereocenters. The third-order valence-corrected chi connectivity index (χ3v) is 3.43. The Kier molecular flexibility index (Phi) is 3.20. The van der Waals surface area contributed by atoms with E-state index in [1.807, 2.05) is 30.3 Å². The lowest BCUT2D eigenvalue weighted by Crippen LogP contribution is -1.93. The van der Waals surface area contributed by atoms with Gasteiger partial charge in [0.15, 0.2) is 0 Å². The first-order valence-corrected chi connectivity index (χ1v) is 6.45. The molecule has 2 aromatic carbocycles. The number of halogens is 1. The first-order valence-electron chi connectivity index (χ1n) is 6.45. The minimum absolute atomic E-state index is 0.0454. The number of nitrogens with zero attached hydrogens (tertiary/aromatic N) is 1. The molecule has 0 spiro atoms. The predicted molar refractivity (Wildman–Crippen MR) is 77.8 cm³/mol. The van der Waals surface area contributed by atoms with Gasteiger partial charge in [0.05, 0.1) is 17.8 Å². The smallest absolute Gasteiger partial charge is 0.126 e.